The van der Waals surface area contributed by atoms with Gasteiger partial charge in [0.15, 0.2) is 0 Å². The average molecular weight is 273 g/mol. The molecule has 5 nitrogen and oxygen atoms in total. The van der Waals surface area contributed by atoms with E-state index in [1.807, 2.05) is 24.3 Å². The van der Waals surface area contributed by atoms with Crippen LogP contribution in [0.15, 0.2) is 42.5 Å². The zero-order valence-corrected chi connectivity index (χ0v) is 10.5. The van der Waals surface area contributed by atoms with E-state index in [1.165, 1.54) is 0 Å². The van der Waals surface area contributed by atoms with Crippen molar-refractivity contribution in [3.63, 3.8) is 0 Å². The summed E-state index contributed by atoms with van der Waals surface area (Å²) in [4.78, 5) is 4.25. The summed E-state index contributed by atoms with van der Waals surface area (Å²) in [5.41, 5.74) is 7.59. The van der Waals surface area contributed by atoms with E-state index in [2.05, 4.69) is 15.2 Å². The number of nitrogens with zero attached hydrogens (tertiary/aromatic N) is 3. The van der Waals surface area contributed by atoms with E-state index in [-0.39, 0.29) is 6.01 Å². The maximum absolute atomic E-state index is 6.02. The topological polar surface area (TPSA) is 73.9 Å². The van der Waals surface area contributed by atoms with Crippen molar-refractivity contribution in [1.29, 1.82) is 0 Å². The molecule has 0 saturated heterocycles. The Hall–Kier alpha value is -2.40. The maximum Gasteiger partial charge on any atom is 0.341 e. The normalized spacial score (nSPS) is 10.6. The molecule has 0 aliphatic heterocycles. The summed E-state index contributed by atoms with van der Waals surface area (Å²) >= 11 is 6.02. The second-order valence-electron chi connectivity index (χ2n) is 3.88. The second kappa shape index (κ2) is 4.70. The van der Waals surface area contributed by atoms with E-state index in [1.54, 1.807) is 18.2 Å². The summed E-state index contributed by atoms with van der Waals surface area (Å²) in [5, 5.41) is 8.31. The first-order valence-electron chi connectivity index (χ1n) is 5.55. The number of aromatic nitrogens is 3. The lowest BCUT2D eigenvalue weighted by atomic mass is 10.3. The van der Waals surface area contributed by atoms with Gasteiger partial charge in [0.25, 0.3) is 0 Å². The van der Waals surface area contributed by atoms with Gasteiger partial charge in [-0.1, -0.05) is 28.8 Å². The molecule has 2 aromatic carbocycles. The van der Waals surface area contributed by atoms with E-state index < -0.39 is 0 Å². The van der Waals surface area contributed by atoms with E-state index >= 15 is 0 Å². The van der Waals surface area contributed by atoms with E-state index in [9.17, 15) is 0 Å². The SMILES string of the molecule is Nc1ccc(Oc2nnc3ccccc3n2)c(Cl)c1. The minimum Gasteiger partial charge on any atom is -0.422 e. The number of nitrogens with two attached hydrogens (primary N) is 1. The van der Waals surface area contributed by atoms with E-state index in [0.717, 1.165) is 0 Å². The molecular weight excluding hydrogens is 264 g/mol. The summed E-state index contributed by atoms with van der Waals surface area (Å²) in [6, 6.07) is 12.5. The van der Waals surface area contributed by atoms with E-state index in [0.29, 0.717) is 27.5 Å². The Balaban J connectivity index is 1.96. The van der Waals surface area contributed by atoms with Crippen LogP contribution in [0.5, 0.6) is 11.8 Å². The van der Waals surface area contributed by atoms with Crippen LogP contribution in [0.25, 0.3) is 11.0 Å². The molecule has 3 aromatic rings. The third-order valence-corrected chi connectivity index (χ3v) is 2.79. The minimum atomic E-state index is 0.144. The number of para-hydroxylation sites is 1. The van der Waals surface area contributed by atoms with Crippen LogP contribution in [0.1, 0.15) is 0 Å². The molecule has 19 heavy (non-hydrogen) atoms. The number of ether oxygens (including phenoxy) is 1. The van der Waals surface area contributed by atoms with E-state index in [4.69, 9.17) is 22.1 Å². The first-order chi connectivity index (χ1) is 9.22. The fraction of sp³-hybridized carbons (Fsp3) is 0. The molecule has 0 radical (unpaired) electrons. The quantitative estimate of drug-likeness (QED) is 0.726. The number of fused-ring (bicyclic) bond motifs is 1. The molecule has 1 heterocycles. The lowest BCUT2D eigenvalue weighted by molar-refractivity contribution is 0.437. The Bertz CT molecular complexity index is 748. The highest BCUT2D eigenvalue weighted by molar-refractivity contribution is 6.32. The van der Waals surface area contributed by atoms with Crippen LogP contribution >= 0.6 is 11.6 Å². The molecule has 2 N–H and O–H groups in total. The van der Waals surface area contributed by atoms with Crippen LogP contribution in [0.3, 0.4) is 0 Å². The molecule has 0 bridgehead atoms. The number of hydrogen-bond acceptors (Lipinski definition) is 5. The number of nitrogen functional groups attached to an aromatic ring is 1. The van der Waals surface area contributed by atoms with Crippen LogP contribution in [0.2, 0.25) is 5.02 Å². The molecule has 6 heteroatoms. The largest absolute Gasteiger partial charge is 0.422 e. The van der Waals surface area contributed by atoms with Gasteiger partial charge in [0.1, 0.15) is 11.3 Å². The molecular formula is C13H9ClN4O. The van der Waals surface area contributed by atoms with Crippen molar-refractivity contribution in [2.45, 2.75) is 0 Å². The molecule has 0 amide bonds. The van der Waals surface area contributed by atoms with Crippen LogP contribution in [0.4, 0.5) is 5.69 Å². The Kier molecular flexibility index (Phi) is 2.89. The monoisotopic (exact) mass is 272 g/mol. The van der Waals surface area contributed by atoms with Gasteiger partial charge < -0.3 is 10.5 Å². The molecule has 3 rings (SSSR count). The molecule has 0 fully saturated rings. The summed E-state index contributed by atoms with van der Waals surface area (Å²) in [7, 11) is 0. The number of halogens is 1. The predicted molar refractivity (Wildman–Crippen MR) is 73.3 cm³/mol. The van der Waals surface area contributed by atoms with Gasteiger partial charge >= 0.3 is 6.01 Å². The third kappa shape index (κ3) is 2.41. The Morgan fingerprint density at radius 1 is 1.00 bits per heavy atom. The lowest BCUT2D eigenvalue weighted by Crippen LogP contribution is -1.96. The van der Waals surface area contributed by atoms with Gasteiger partial charge in [-0.2, -0.15) is 4.98 Å². The first kappa shape index (κ1) is 11.7. The molecule has 94 valence electrons. The third-order valence-electron chi connectivity index (χ3n) is 2.50. The van der Waals surface area contributed by atoms with Gasteiger partial charge in [0.2, 0.25) is 0 Å². The minimum absolute atomic E-state index is 0.144. The summed E-state index contributed by atoms with van der Waals surface area (Å²) in [5.74, 6) is 0.438. The van der Waals surface area contributed by atoms with Crippen molar-refractivity contribution < 1.29 is 4.74 Å². The fourth-order valence-corrected chi connectivity index (χ4v) is 1.83. The lowest BCUT2D eigenvalue weighted by Gasteiger charge is -2.06. The zero-order valence-electron chi connectivity index (χ0n) is 9.75. The fourth-order valence-electron chi connectivity index (χ4n) is 1.61. The predicted octanol–water partition coefficient (Wildman–Crippen LogP) is 3.05. The van der Waals surface area contributed by atoms with Gasteiger partial charge in [-0.05, 0) is 30.3 Å². The summed E-state index contributed by atoms with van der Waals surface area (Å²) < 4.78 is 5.50. The van der Waals surface area contributed by atoms with Gasteiger partial charge in [-0.15, -0.1) is 5.10 Å². The van der Waals surface area contributed by atoms with Gasteiger partial charge in [-0.25, -0.2) is 0 Å². The van der Waals surface area contributed by atoms with Crippen LogP contribution in [-0.2, 0) is 0 Å². The highest BCUT2D eigenvalue weighted by Crippen LogP contribution is 2.29. The summed E-state index contributed by atoms with van der Waals surface area (Å²) in [6.07, 6.45) is 0. The molecule has 1 aromatic heterocycles. The van der Waals surface area contributed by atoms with Crippen molar-refractivity contribution >= 4 is 28.3 Å². The number of benzene rings is 2. The van der Waals surface area contributed by atoms with Crippen molar-refractivity contribution in [3.05, 3.63) is 47.5 Å². The molecule has 0 saturated carbocycles. The Morgan fingerprint density at radius 2 is 1.79 bits per heavy atom. The van der Waals surface area contributed by atoms with Crippen LogP contribution in [-0.4, -0.2) is 15.2 Å². The van der Waals surface area contributed by atoms with Crippen LogP contribution in [0, 0.1) is 0 Å². The highest BCUT2D eigenvalue weighted by Gasteiger charge is 2.07. The Morgan fingerprint density at radius 3 is 2.58 bits per heavy atom. The first-order valence-corrected chi connectivity index (χ1v) is 5.92. The van der Waals surface area contributed by atoms with Crippen LogP contribution < -0.4 is 10.5 Å². The smallest absolute Gasteiger partial charge is 0.341 e. The van der Waals surface area contributed by atoms with Gasteiger partial charge in [-0.3, -0.25) is 0 Å². The standard InChI is InChI=1S/C13H9ClN4O/c14-9-7-8(15)5-6-12(9)19-13-16-10-3-1-2-4-11(10)17-18-13/h1-7H,15H2. The Labute approximate surface area is 114 Å². The zero-order chi connectivity index (χ0) is 13.2. The molecule has 0 unspecified atom stereocenters. The van der Waals surface area contributed by atoms with Crippen molar-refractivity contribution in [1.82, 2.24) is 15.2 Å². The number of hydrogen-bond donors (Lipinski definition) is 1. The molecule has 0 aliphatic carbocycles. The van der Waals surface area contributed by atoms with Gasteiger partial charge in [0.05, 0.1) is 10.5 Å². The maximum atomic E-state index is 6.02. The van der Waals surface area contributed by atoms with Crippen molar-refractivity contribution in [2.75, 3.05) is 5.73 Å². The molecule has 0 aliphatic rings. The number of anilines is 1. The highest BCUT2D eigenvalue weighted by atomic mass is 35.5. The summed E-state index contributed by atoms with van der Waals surface area (Å²) in [6.45, 7) is 0. The van der Waals surface area contributed by atoms with Crippen molar-refractivity contribution in [2.24, 2.45) is 0 Å². The average Bonchev–Trinajstić information content (AvgIpc) is 2.42. The molecule has 0 spiro atoms. The van der Waals surface area contributed by atoms with Crippen molar-refractivity contribution in [3.8, 4) is 11.8 Å². The van der Waals surface area contributed by atoms with Gasteiger partial charge in [0, 0.05) is 5.69 Å². The molecule has 0 atom stereocenters. The number of rotatable bonds is 2. The second-order valence-corrected chi connectivity index (χ2v) is 4.28.